The molecule has 2 aromatic rings. The third-order valence-corrected chi connectivity index (χ3v) is 2.30. The quantitative estimate of drug-likeness (QED) is 0.775. The lowest BCUT2D eigenvalue weighted by atomic mass is 10.3. The zero-order valence-electron chi connectivity index (χ0n) is 9.21. The number of carbonyl (C=O) groups is 1. The van der Waals surface area contributed by atoms with Crippen molar-refractivity contribution in [3.8, 4) is 0 Å². The van der Waals surface area contributed by atoms with E-state index in [-0.39, 0.29) is 5.69 Å². The van der Waals surface area contributed by atoms with Crippen molar-refractivity contribution >= 4 is 17.0 Å². The van der Waals surface area contributed by atoms with Gasteiger partial charge in [-0.3, -0.25) is 4.98 Å². The molecule has 1 aliphatic carbocycles. The molecule has 5 nitrogen and oxygen atoms in total. The Balaban J connectivity index is 0.000000228. The summed E-state index contributed by atoms with van der Waals surface area (Å²) in [5.41, 5.74) is 6.57. The van der Waals surface area contributed by atoms with Gasteiger partial charge in [0.15, 0.2) is 0 Å². The van der Waals surface area contributed by atoms with E-state index >= 15 is 0 Å². The number of nitrogens with two attached hydrogens (primary N) is 1. The van der Waals surface area contributed by atoms with E-state index in [2.05, 4.69) is 9.97 Å². The van der Waals surface area contributed by atoms with Crippen LogP contribution in [0.4, 0.5) is 0 Å². The van der Waals surface area contributed by atoms with Gasteiger partial charge in [-0.25, -0.2) is 9.78 Å². The van der Waals surface area contributed by atoms with Crippen molar-refractivity contribution in [2.24, 2.45) is 5.73 Å². The number of carboxylic acid groups (broad SMARTS) is 1. The highest BCUT2D eigenvalue weighted by atomic mass is 16.4. The van der Waals surface area contributed by atoms with Gasteiger partial charge in [0.2, 0.25) is 0 Å². The molecule has 0 unspecified atom stereocenters. The van der Waals surface area contributed by atoms with E-state index in [9.17, 15) is 4.79 Å². The molecule has 2 aromatic heterocycles. The Labute approximate surface area is 98.3 Å². The van der Waals surface area contributed by atoms with Crippen LogP contribution in [-0.4, -0.2) is 27.1 Å². The molecule has 1 aliphatic rings. The highest BCUT2D eigenvalue weighted by Crippen LogP contribution is 2.13. The maximum atomic E-state index is 10.6. The van der Waals surface area contributed by atoms with Crippen molar-refractivity contribution in [1.29, 1.82) is 0 Å². The SMILES string of the molecule is NC1CC1.O=C(O)c1ccc2ncccc2n1. The molecule has 1 fully saturated rings. The van der Waals surface area contributed by atoms with Crippen LogP contribution in [0.1, 0.15) is 23.3 Å². The second-order valence-corrected chi connectivity index (χ2v) is 3.88. The Morgan fingerprint density at radius 3 is 2.59 bits per heavy atom. The number of nitrogens with zero attached hydrogens (tertiary/aromatic N) is 2. The van der Waals surface area contributed by atoms with Crippen molar-refractivity contribution in [3.63, 3.8) is 0 Å². The van der Waals surface area contributed by atoms with Crippen molar-refractivity contribution in [3.05, 3.63) is 36.2 Å². The van der Waals surface area contributed by atoms with E-state index in [1.54, 1.807) is 24.4 Å². The van der Waals surface area contributed by atoms with Crippen LogP contribution in [0.5, 0.6) is 0 Å². The Morgan fingerprint density at radius 1 is 1.29 bits per heavy atom. The summed E-state index contributed by atoms with van der Waals surface area (Å²) in [6.45, 7) is 0. The zero-order valence-corrected chi connectivity index (χ0v) is 9.21. The lowest BCUT2D eigenvalue weighted by Crippen LogP contribution is -1.99. The number of pyridine rings is 2. The Kier molecular flexibility index (Phi) is 3.30. The van der Waals surface area contributed by atoms with Gasteiger partial charge in [0, 0.05) is 12.2 Å². The number of fused-ring (bicyclic) bond motifs is 1. The molecular formula is C12H13N3O2. The van der Waals surface area contributed by atoms with Crippen LogP contribution in [0.25, 0.3) is 11.0 Å². The Hall–Kier alpha value is -2.01. The van der Waals surface area contributed by atoms with E-state index in [0.29, 0.717) is 17.1 Å². The summed E-state index contributed by atoms with van der Waals surface area (Å²) in [4.78, 5) is 18.5. The summed E-state index contributed by atoms with van der Waals surface area (Å²) in [5.74, 6) is -1.02. The molecule has 0 saturated heterocycles. The first-order valence-corrected chi connectivity index (χ1v) is 5.37. The van der Waals surface area contributed by atoms with Gasteiger partial charge in [-0.05, 0) is 37.1 Å². The topological polar surface area (TPSA) is 89.1 Å². The minimum atomic E-state index is -1.02. The van der Waals surface area contributed by atoms with E-state index in [1.165, 1.54) is 18.9 Å². The van der Waals surface area contributed by atoms with Gasteiger partial charge >= 0.3 is 5.97 Å². The van der Waals surface area contributed by atoms with Crippen molar-refractivity contribution < 1.29 is 9.90 Å². The fourth-order valence-electron chi connectivity index (χ4n) is 1.17. The van der Waals surface area contributed by atoms with E-state index in [1.807, 2.05) is 0 Å². The predicted molar refractivity (Wildman–Crippen MR) is 63.7 cm³/mol. The summed E-state index contributed by atoms with van der Waals surface area (Å²) in [7, 11) is 0. The summed E-state index contributed by atoms with van der Waals surface area (Å²) in [6.07, 6.45) is 4.17. The highest BCUT2D eigenvalue weighted by Gasteiger charge is 2.13. The van der Waals surface area contributed by atoms with Gasteiger partial charge in [-0.15, -0.1) is 0 Å². The third-order valence-electron chi connectivity index (χ3n) is 2.30. The smallest absolute Gasteiger partial charge is 0.354 e. The molecule has 0 spiro atoms. The van der Waals surface area contributed by atoms with Crippen molar-refractivity contribution in [1.82, 2.24) is 9.97 Å². The van der Waals surface area contributed by atoms with Crippen molar-refractivity contribution in [2.45, 2.75) is 18.9 Å². The minimum absolute atomic E-state index is 0.0421. The number of aromatic nitrogens is 2. The van der Waals surface area contributed by atoms with Crippen LogP contribution in [0.2, 0.25) is 0 Å². The third kappa shape index (κ3) is 3.22. The second-order valence-electron chi connectivity index (χ2n) is 3.88. The maximum absolute atomic E-state index is 10.6. The largest absolute Gasteiger partial charge is 0.477 e. The number of hydrogen-bond donors (Lipinski definition) is 2. The summed E-state index contributed by atoms with van der Waals surface area (Å²) < 4.78 is 0. The first-order valence-electron chi connectivity index (χ1n) is 5.37. The lowest BCUT2D eigenvalue weighted by Gasteiger charge is -1.96. The van der Waals surface area contributed by atoms with Crippen LogP contribution < -0.4 is 5.73 Å². The fraction of sp³-hybridized carbons (Fsp3) is 0.250. The number of aromatic carboxylic acids is 1. The van der Waals surface area contributed by atoms with Gasteiger partial charge in [-0.2, -0.15) is 0 Å². The molecule has 0 atom stereocenters. The molecular weight excluding hydrogens is 218 g/mol. The molecule has 0 radical (unpaired) electrons. The van der Waals surface area contributed by atoms with Crippen molar-refractivity contribution in [2.75, 3.05) is 0 Å². The first kappa shape index (κ1) is 11.5. The van der Waals surface area contributed by atoms with Crippen LogP contribution in [-0.2, 0) is 0 Å². The summed E-state index contributed by atoms with van der Waals surface area (Å²) in [6, 6.07) is 7.12. The molecule has 3 N–H and O–H groups in total. The molecule has 0 aliphatic heterocycles. The predicted octanol–water partition coefficient (Wildman–Crippen LogP) is 1.44. The summed E-state index contributed by atoms with van der Waals surface area (Å²) >= 11 is 0. The van der Waals surface area contributed by atoms with Gasteiger partial charge < -0.3 is 10.8 Å². The first-order chi connectivity index (χ1) is 8.16. The molecule has 2 heterocycles. The molecule has 17 heavy (non-hydrogen) atoms. The number of carboxylic acids is 1. The van der Waals surface area contributed by atoms with Gasteiger partial charge in [0.25, 0.3) is 0 Å². The molecule has 0 bridgehead atoms. The van der Waals surface area contributed by atoms with Gasteiger partial charge in [0.1, 0.15) is 5.69 Å². The van der Waals surface area contributed by atoms with E-state index in [4.69, 9.17) is 10.8 Å². The Bertz CT molecular complexity index is 538. The minimum Gasteiger partial charge on any atom is -0.477 e. The average molecular weight is 231 g/mol. The summed E-state index contributed by atoms with van der Waals surface area (Å²) in [5, 5.41) is 8.66. The molecule has 1 saturated carbocycles. The molecule has 5 heteroatoms. The van der Waals surface area contributed by atoms with Gasteiger partial charge in [-0.1, -0.05) is 0 Å². The van der Waals surface area contributed by atoms with Crippen LogP contribution in [0.15, 0.2) is 30.5 Å². The van der Waals surface area contributed by atoms with Gasteiger partial charge in [0.05, 0.1) is 11.0 Å². The van der Waals surface area contributed by atoms with Crippen LogP contribution in [0.3, 0.4) is 0 Å². The Morgan fingerprint density at radius 2 is 2.00 bits per heavy atom. The molecule has 0 aromatic carbocycles. The maximum Gasteiger partial charge on any atom is 0.354 e. The number of rotatable bonds is 1. The zero-order chi connectivity index (χ0) is 12.3. The molecule has 3 rings (SSSR count). The second kappa shape index (κ2) is 4.88. The van der Waals surface area contributed by atoms with Crippen LogP contribution in [0, 0.1) is 0 Å². The lowest BCUT2D eigenvalue weighted by molar-refractivity contribution is 0.0691. The standard InChI is InChI=1S/C9H6N2O2.C3H7N/c12-9(13)8-4-3-6-7(11-8)2-1-5-10-6;4-3-1-2-3/h1-5H,(H,12,13);3H,1-2,4H2. The van der Waals surface area contributed by atoms with E-state index in [0.717, 1.165) is 0 Å². The van der Waals surface area contributed by atoms with Crippen LogP contribution >= 0.6 is 0 Å². The highest BCUT2D eigenvalue weighted by molar-refractivity contribution is 5.88. The molecule has 88 valence electrons. The monoisotopic (exact) mass is 231 g/mol. The number of hydrogen-bond acceptors (Lipinski definition) is 4. The molecule has 0 amide bonds. The van der Waals surface area contributed by atoms with E-state index < -0.39 is 5.97 Å². The average Bonchev–Trinajstić information content (AvgIpc) is 3.12. The fourth-order valence-corrected chi connectivity index (χ4v) is 1.17. The normalized spacial score (nSPS) is 13.9.